The molecule has 0 aliphatic carbocycles. The van der Waals surface area contributed by atoms with Crippen molar-refractivity contribution in [3.63, 3.8) is 0 Å². The van der Waals surface area contributed by atoms with Gasteiger partial charge in [-0.1, -0.05) is 29.0 Å². The smallest absolute Gasteiger partial charge is 0.355 e. The fourth-order valence-electron chi connectivity index (χ4n) is 2.81. The van der Waals surface area contributed by atoms with Crippen molar-refractivity contribution in [1.29, 1.82) is 0 Å². The Hall–Kier alpha value is -4.32. The molecule has 4 aromatic rings. The molecule has 0 aliphatic heterocycles. The van der Waals surface area contributed by atoms with Crippen molar-refractivity contribution in [2.45, 2.75) is 6.92 Å². The molecule has 4 rings (SSSR count). The zero-order valence-electron chi connectivity index (χ0n) is 16.9. The summed E-state index contributed by atoms with van der Waals surface area (Å²) in [6.07, 6.45) is 1.14. The maximum absolute atomic E-state index is 12.3. The quantitative estimate of drug-likeness (QED) is 0.282. The van der Waals surface area contributed by atoms with Crippen LogP contribution in [0.25, 0.3) is 10.2 Å². The van der Waals surface area contributed by atoms with E-state index in [0.29, 0.717) is 22.0 Å². The molecule has 1 amide bonds. The third-order valence-corrected chi connectivity index (χ3v) is 5.37. The molecule has 0 fully saturated rings. The number of methoxy groups -OCH3 is 1. The lowest BCUT2D eigenvalue weighted by Gasteiger charge is -2.10. The lowest BCUT2D eigenvalue weighted by Crippen LogP contribution is -2.30. The van der Waals surface area contributed by atoms with Gasteiger partial charge in [0.25, 0.3) is 5.91 Å². The first kappa shape index (κ1) is 20.9. The normalized spacial score (nSPS) is 10.6. The second-order valence-corrected chi connectivity index (χ2v) is 7.63. The van der Waals surface area contributed by atoms with Crippen LogP contribution in [0.5, 0.6) is 5.75 Å². The number of benzene rings is 2. The van der Waals surface area contributed by atoms with Crippen molar-refractivity contribution < 1.29 is 14.5 Å². The summed E-state index contributed by atoms with van der Waals surface area (Å²) < 4.78 is 6.05. The van der Waals surface area contributed by atoms with Crippen LogP contribution >= 0.6 is 11.3 Å². The topological polar surface area (TPSA) is 144 Å². The summed E-state index contributed by atoms with van der Waals surface area (Å²) in [6, 6.07) is 12.3. The van der Waals surface area contributed by atoms with Gasteiger partial charge in [0.2, 0.25) is 11.6 Å². The zero-order valence-corrected chi connectivity index (χ0v) is 17.8. The largest absolute Gasteiger partial charge is 0.497 e. The molecule has 2 aromatic carbocycles. The number of rotatable bonds is 7. The van der Waals surface area contributed by atoms with Gasteiger partial charge in [0.05, 0.1) is 22.2 Å². The predicted octanol–water partition coefficient (Wildman–Crippen LogP) is 3.81. The summed E-state index contributed by atoms with van der Waals surface area (Å²) in [6.45, 7) is 1.90. The van der Waals surface area contributed by atoms with Gasteiger partial charge in [-0.3, -0.25) is 25.8 Å². The van der Waals surface area contributed by atoms with E-state index >= 15 is 0 Å². The van der Waals surface area contributed by atoms with Crippen LogP contribution in [0.1, 0.15) is 15.9 Å². The van der Waals surface area contributed by atoms with Crippen molar-refractivity contribution in [2.75, 3.05) is 17.9 Å². The number of thiazole rings is 1. The van der Waals surface area contributed by atoms with Crippen LogP contribution in [0.15, 0.2) is 48.8 Å². The van der Waals surface area contributed by atoms with Crippen molar-refractivity contribution in [1.82, 2.24) is 20.4 Å². The summed E-state index contributed by atoms with van der Waals surface area (Å²) in [5, 5.41) is 15.0. The third kappa shape index (κ3) is 4.39. The fraction of sp³-hybridized carbons (Fsp3) is 0.100. The lowest BCUT2D eigenvalue weighted by molar-refractivity contribution is -0.383. The number of amides is 1. The number of carbonyl (C=O) groups excluding carboxylic acids is 1. The molecule has 2 heterocycles. The molecule has 0 saturated carbocycles. The highest BCUT2D eigenvalue weighted by atomic mass is 32.1. The maximum atomic E-state index is 12.3. The maximum Gasteiger partial charge on any atom is 0.355 e. The Balaban J connectivity index is 1.57. The molecule has 0 bridgehead atoms. The van der Waals surface area contributed by atoms with Gasteiger partial charge >= 0.3 is 5.69 Å². The number of hydrogen-bond donors (Lipinski definition) is 3. The minimum Gasteiger partial charge on any atom is -0.497 e. The summed E-state index contributed by atoms with van der Waals surface area (Å²) in [4.78, 5) is 35.7. The summed E-state index contributed by atoms with van der Waals surface area (Å²) in [5.74, 6) is -0.0251. The van der Waals surface area contributed by atoms with E-state index in [9.17, 15) is 14.9 Å². The number of aryl methyl sites for hydroxylation is 1. The highest BCUT2D eigenvalue weighted by Gasteiger charge is 2.24. The average molecular weight is 451 g/mol. The lowest BCUT2D eigenvalue weighted by atomic mass is 10.1. The number of nitrogens with zero attached hydrogens (tertiary/aromatic N) is 4. The van der Waals surface area contributed by atoms with E-state index < -0.39 is 16.5 Å². The molecule has 12 heteroatoms. The monoisotopic (exact) mass is 451 g/mol. The first-order valence-electron chi connectivity index (χ1n) is 9.28. The molecule has 0 aliphatic rings. The Morgan fingerprint density at radius 2 is 1.88 bits per heavy atom. The molecule has 162 valence electrons. The van der Waals surface area contributed by atoms with Gasteiger partial charge in [0, 0.05) is 5.56 Å². The molecular weight excluding hydrogens is 434 g/mol. The van der Waals surface area contributed by atoms with Crippen LogP contribution in [0.4, 0.5) is 22.5 Å². The predicted molar refractivity (Wildman–Crippen MR) is 120 cm³/mol. The molecule has 0 atom stereocenters. The number of anilines is 3. The van der Waals surface area contributed by atoms with E-state index in [0.717, 1.165) is 16.6 Å². The molecule has 3 N–H and O–H groups in total. The Morgan fingerprint density at radius 1 is 1.12 bits per heavy atom. The molecule has 0 radical (unpaired) electrons. The Labute approximate surface area is 185 Å². The molecule has 2 aromatic heterocycles. The number of fused-ring (bicyclic) bond motifs is 1. The number of nitro groups is 1. The van der Waals surface area contributed by atoms with E-state index in [-0.39, 0.29) is 11.6 Å². The molecule has 0 unspecified atom stereocenters. The van der Waals surface area contributed by atoms with Gasteiger partial charge in [-0.05, 0) is 37.3 Å². The second-order valence-electron chi connectivity index (χ2n) is 6.60. The number of ether oxygens (including phenoxy) is 1. The molecule has 0 spiro atoms. The van der Waals surface area contributed by atoms with Gasteiger partial charge in [0.1, 0.15) is 12.1 Å². The third-order valence-electron chi connectivity index (χ3n) is 4.43. The van der Waals surface area contributed by atoms with Crippen molar-refractivity contribution >= 4 is 49.9 Å². The molecule has 0 saturated heterocycles. The molecule has 32 heavy (non-hydrogen) atoms. The van der Waals surface area contributed by atoms with Crippen LogP contribution in [0.2, 0.25) is 0 Å². The van der Waals surface area contributed by atoms with Crippen LogP contribution in [-0.4, -0.2) is 32.9 Å². The standard InChI is InChI=1S/C20H17N7O4S/c1-11-3-5-12(6-4-11)19(28)26-25-18-16(27(29)30)17(21-10-22-18)24-20-23-14-8-7-13(31-2)9-15(14)32-20/h3-10H,1-2H3,(H,26,28)(H2,21,22,23,24,25). The highest BCUT2D eigenvalue weighted by Crippen LogP contribution is 2.34. The fourth-order valence-corrected chi connectivity index (χ4v) is 3.71. The first-order valence-corrected chi connectivity index (χ1v) is 10.1. The Kier molecular flexibility index (Phi) is 5.77. The Morgan fingerprint density at radius 3 is 2.59 bits per heavy atom. The first-order chi connectivity index (χ1) is 15.4. The number of carbonyl (C=O) groups is 1. The van der Waals surface area contributed by atoms with Crippen LogP contribution < -0.4 is 20.9 Å². The van der Waals surface area contributed by atoms with Crippen molar-refractivity contribution in [3.8, 4) is 5.75 Å². The summed E-state index contributed by atoms with van der Waals surface area (Å²) in [5.41, 5.74) is 6.59. The molecular formula is C20H17N7O4S. The van der Waals surface area contributed by atoms with Gasteiger partial charge < -0.3 is 10.1 Å². The van der Waals surface area contributed by atoms with Crippen LogP contribution in [0, 0.1) is 17.0 Å². The molecule has 11 nitrogen and oxygen atoms in total. The summed E-state index contributed by atoms with van der Waals surface area (Å²) >= 11 is 1.29. The Bertz CT molecular complexity index is 1310. The zero-order chi connectivity index (χ0) is 22.7. The SMILES string of the molecule is COc1ccc2nc(Nc3ncnc(NNC(=O)c4ccc(C)cc4)c3[N+](=O)[O-])sc2c1. The highest BCUT2D eigenvalue weighted by molar-refractivity contribution is 7.22. The average Bonchev–Trinajstić information content (AvgIpc) is 3.19. The van der Waals surface area contributed by atoms with E-state index in [1.165, 1.54) is 11.3 Å². The van der Waals surface area contributed by atoms with Gasteiger partial charge in [-0.15, -0.1) is 0 Å². The van der Waals surface area contributed by atoms with E-state index in [1.54, 1.807) is 43.5 Å². The summed E-state index contributed by atoms with van der Waals surface area (Å²) in [7, 11) is 1.57. The van der Waals surface area contributed by atoms with Gasteiger partial charge in [0.15, 0.2) is 5.13 Å². The second kappa shape index (κ2) is 8.81. The number of hydrazine groups is 1. The van der Waals surface area contributed by atoms with E-state index in [1.807, 2.05) is 13.0 Å². The van der Waals surface area contributed by atoms with E-state index in [4.69, 9.17) is 4.74 Å². The van der Waals surface area contributed by atoms with Crippen LogP contribution in [-0.2, 0) is 0 Å². The minimum absolute atomic E-state index is 0.0666. The van der Waals surface area contributed by atoms with E-state index in [2.05, 4.69) is 31.1 Å². The van der Waals surface area contributed by atoms with Crippen molar-refractivity contribution in [2.24, 2.45) is 0 Å². The number of aromatic nitrogens is 3. The number of hydrogen-bond acceptors (Lipinski definition) is 10. The minimum atomic E-state index is -0.640. The van der Waals surface area contributed by atoms with Crippen LogP contribution in [0.3, 0.4) is 0 Å². The van der Waals surface area contributed by atoms with Crippen molar-refractivity contribution in [3.05, 3.63) is 70.0 Å². The number of nitrogens with one attached hydrogen (secondary N) is 3. The van der Waals surface area contributed by atoms with Gasteiger partial charge in [-0.2, -0.15) is 0 Å². The van der Waals surface area contributed by atoms with Gasteiger partial charge in [-0.25, -0.2) is 15.0 Å².